The Morgan fingerprint density at radius 1 is 1.06 bits per heavy atom. The van der Waals surface area contributed by atoms with Crippen molar-refractivity contribution < 1.29 is 18.3 Å². The van der Waals surface area contributed by atoms with Gasteiger partial charge in [-0.15, -0.1) is 11.3 Å². The maximum atomic E-state index is 13.2. The largest absolute Gasteiger partial charge is 0.395 e. The number of hydrogen-bond acceptors (Lipinski definition) is 6. The molecule has 1 N–H and O–H groups in total. The Morgan fingerprint density at radius 3 is 2.45 bits per heavy atom. The summed E-state index contributed by atoms with van der Waals surface area (Å²) < 4.78 is 28.6. The normalized spacial score (nSPS) is 18.0. The summed E-state index contributed by atoms with van der Waals surface area (Å²) in [6.45, 7) is 1.12. The lowest BCUT2D eigenvalue weighted by atomic mass is 9.98. The van der Waals surface area contributed by atoms with Crippen LogP contribution >= 0.6 is 11.3 Å². The van der Waals surface area contributed by atoms with Gasteiger partial charge in [-0.3, -0.25) is 4.79 Å². The highest BCUT2D eigenvalue weighted by atomic mass is 32.2. The average Bonchev–Trinajstić information content (AvgIpc) is 3.49. The van der Waals surface area contributed by atoms with Crippen LogP contribution in [0.2, 0.25) is 0 Å². The highest BCUT2D eigenvalue weighted by molar-refractivity contribution is 7.89. The molecule has 0 saturated carbocycles. The summed E-state index contributed by atoms with van der Waals surface area (Å²) in [7, 11) is -3.62. The first-order valence-corrected chi connectivity index (χ1v) is 12.3. The van der Waals surface area contributed by atoms with Crippen molar-refractivity contribution in [2.75, 3.05) is 32.8 Å². The Labute approximate surface area is 184 Å². The molecule has 3 heterocycles. The third kappa shape index (κ3) is 3.57. The second-order valence-corrected chi connectivity index (χ2v) is 10.6. The Bertz CT molecular complexity index is 1270. The first kappa shape index (κ1) is 20.3. The molecule has 2 aliphatic rings. The van der Waals surface area contributed by atoms with Gasteiger partial charge >= 0.3 is 0 Å². The summed E-state index contributed by atoms with van der Waals surface area (Å²) in [4.78, 5) is 19.2. The molecule has 7 nitrogen and oxygen atoms in total. The van der Waals surface area contributed by atoms with Crippen molar-refractivity contribution in [2.24, 2.45) is 0 Å². The minimum atomic E-state index is -3.62. The molecule has 2 aliphatic heterocycles. The van der Waals surface area contributed by atoms with Gasteiger partial charge in [0.05, 0.1) is 33.1 Å². The van der Waals surface area contributed by atoms with Crippen LogP contribution in [-0.4, -0.2) is 66.4 Å². The van der Waals surface area contributed by atoms with Gasteiger partial charge in [-0.1, -0.05) is 30.3 Å². The summed E-state index contributed by atoms with van der Waals surface area (Å²) in [5, 5.41) is 9.80. The van der Waals surface area contributed by atoms with Crippen LogP contribution in [0.25, 0.3) is 10.2 Å². The first-order chi connectivity index (χ1) is 15.0. The maximum absolute atomic E-state index is 13.2. The predicted octanol–water partition coefficient (Wildman–Crippen LogP) is 2.22. The highest BCUT2D eigenvalue weighted by Gasteiger charge is 2.39. The van der Waals surface area contributed by atoms with Gasteiger partial charge in [-0.25, -0.2) is 13.4 Å². The van der Waals surface area contributed by atoms with E-state index in [1.807, 2.05) is 30.3 Å². The molecule has 1 aromatic heterocycles. The molecule has 1 atom stereocenters. The molecule has 5 rings (SSSR count). The predicted molar refractivity (Wildman–Crippen MR) is 118 cm³/mol. The number of sulfonamides is 1. The average molecular weight is 456 g/mol. The van der Waals surface area contributed by atoms with Gasteiger partial charge in [-0.05, 0) is 34.9 Å². The van der Waals surface area contributed by atoms with Gasteiger partial charge in [-0.2, -0.15) is 4.31 Å². The first-order valence-electron chi connectivity index (χ1n) is 9.95. The third-order valence-corrected chi connectivity index (χ3v) is 8.51. The van der Waals surface area contributed by atoms with E-state index in [0.717, 1.165) is 26.9 Å². The molecule has 0 saturated heterocycles. The van der Waals surface area contributed by atoms with E-state index in [2.05, 4.69) is 4.98 Å². The zero-order valence-electron chi connectivity index (χ0n) is 16.6. The van der Waals surface area contributed by atoms with E-state index < -0.39 is 15.9 Å². The Kier molecular flexibility index (Phi) is 5.13. The van der Waals surface area contributed by atoms with E-state index in [1.54, 1.807) is 28.6 Å². The van der Waals surface area contributed by atoms with Crippen LogP contribution in [0.3, 0.4) is 0 Å². The minimum Gasteiger partial charge on any atom is -0.395 e. The Morgan fingerprint density at radius 2 is 1.77 bits per heavy atom. The summed E-state index contributed by atoms with van der Waals surface area (Å²) in [5.74, 6) is -0.736. The topological polar surface area (TPSA) is 90.8 Å². The number of amides is 1. The number of carbonyl (C=O) groups is 1. The van der Waals surface area contributed by atoms with E-state index in [1.165, 1.54) is 15.6 Å². The Balaban J connectivity index is 1.29. The van der Waals surface area contributed by atoms with Gasteiger partial charge in [0.15, 0.2) is 0 Å². The molecule has 2 aromatic carbocycles. The number of hydrogen-bond donors (Lipinski definition) is 1. The summed E-state index contributed by atoms with van der Waals surface area (Å²) in [6, 6.07) is 14.2. The standard InChI is InChI=1S/C22H21N3O4S2/c26-13-19(15-4-2-1-3-5-15)22(27)24-9-16-11-25(12-17(16)10-24)31(28,29)18-6-7-20-21(8-18)30-14-23-20/h1-8,14,19,26H,9-13H2/t19-/m0/s1. The van der Waals surface area contributed by atoms with Crippen molar-refractivity contribution in [1.82, 2.24) is 14.2 Å². The van der Waals surface area contributed by atoms with Crippen molar-refractivity contribution >= 4 is 37.5 Å². The molecule has 0 aliphatic carbocycles. The van der Waals surface area contributed by atoms with Crippen LogP contribution < -0.4 is 0 Å². The van der Waals surface area contributed by atoms with E-state index in [-0.39, 0.29) is 30.5 Å². The molecule has 160 valence electrons. The highest BCUT2D eigenvalue weighted by Crippen LogP contribution is 2.32. The number of fused-ring (bicyclic) bond motifs is 1. The van der Waals surface area contributed by atoms with Gasteiger partial charge < -0.3 is 10.0 Å². The van der Waals surface area contributed by atoms with Gasteiger partial charge in [0.25, 0.3) is 0 Å². The van der Waals surface area contributed by atoms with E-state index >= 15 is 0 Å². The van der Waals surface area contributed by atoms with Crippen molar-refractivity contribution in [3.63, 3.8) is 0 Å². The van der Waals surface area contributed by atoms with Crippen molar-refractivity contribution in [3.05, 3.63) is 70.8 Å². The maximum Gasteiger partial charge on any atom is 0.243 e. The molecule has 0 fully saturated rings. The van der Waals surface area contributed by atoms with Crippen LogP contribution in [0.1, 0.15) is 11.5 Å². The molecule has 0 bridgehead atoms. The number of aromatic nitrogens is 1. The number of rotatable bonds is 5. The lowest BCUT2D eigenvalue weighted by Crippen LogP contribution is -2.39. The summed E-state index contributed by atoms with van der Waals surface area (Å²) >= 11 is 1.41. The molecule has 9 heteroatoms. The van der Waals surface area contributed by atoms with Gasteiger partial charge in [0.2, 0.25) is 15.9 Å². The third-order valence-electron chi connectivity index (χ3n) is 5.93. The van der Waals surface area contributed by atoms with Crippen molar-refractivity contribution in [2.45, 2.75) is 10.8 Å². The monoisotopic (exact) mass is 455 g/mol. The van der Waals surface area contributed by atoms with Gasteiger partial charge in [0, 0.05) is 26.2 Å². The Hall–Kier alpha value is -2.59. The summed E-state index contributed by atoms with van der Waals surface area (Å²) in [5.41, 5.74) is 5.22. The summed E-state index contributed by atoms with van der Waals surface area (Å²) in [6.07, 6.45) is 0. The number of thiazole rings is 1. The fourth-order valence-corrected chi connectivity index (χ4v) is 6.50. The van der Waals surface area contributed by atoms with Gasteiger partial charge in [0.1, 0.15) is 0 Å². The number of carbonyl (C=O) groups excluding carboxylic acids is 1. The molecule has 0 spiro atoms. The number of aliphatic hydroxyl groups excluding tert-OH is 1. The minimum absolute atomic E-state index is 0.131. The molecule has 3 aromatic rings. The second kappa shape index (κ2) is 7.83. The number of benzene rings is 2. The van der Waals surface area contributed by atoms with E-state index in [9.17, 15) is 18.3 Å². The molecule has 31 heavy (non-hydrogen) atoms. The second-order valence-electron chi connectivity index (χ2n) is 7.80. The van der Waals surface area contributed by atoms with Crippen molar-refractivity contribution in [3.8, 4) is 0 Å². The molecular formula is C22H21N3O4S2. The molecular weight excluding hydrogens is 434 g/mol. The fraction of sp³-hybridized carbons (Fsp3) is 0.273. The number of nitrogens with zero attached hydrogens (tertiary/aromatic N) is 3. The van der Waals surface area contributed by atoms with Crippen molar-refractivity contribution in [1.29, 1.82) is 0 Å². The lowest BCUT2D eigenvalue weighted by molar-refractivity contribution is -0.132. The van der Waals surface area contributed by atoms with E-state index in [4.69, 9.17) is 0 Å². The molecule has 1 amide bonds. The zero-order chi connectivity index (χ0) is 21.6. The smallest absolute Gasteiger partial charge is 0.243 e. The zero-order valence-corrected chi connectivity index (χ0v) is 18.3. The molecule has 0 unspecified atom stereocenters. The fourth-order valence-electron chi connectivity index (χ4n) is 4.25. The van der Waals surface area contributed by atoms with Crippen LogP contribution in [0, 0.1) is 0 Å². The van der Waals surface area contributed by atoms with Crippen LogP contribution in [0.5, 0.6) is 0 Å². The van der Waals surface area contributed by atoms with Crippen LogP contribution in [0.15, 0.2) is 70.1 Å². The van der Waals surface area contributed by atoms with Crippen LogP contribution in [0.4, 0.5) is 0 Å². The van der Waals surface area contributed by atoms with E-state index in [0.29, 0.717) is 13.1 Å². The lowest BCUT2D eigenvalue weighted by Gasteiger charge is -2.26. The molecule has 0 radical (unpaired) electrons. The number of aliphatic hydroxyl groups is 1. The SMILES string of the molecule is O=C([C@@H](CO)c1ccccc1)N1CC2=C(C1)CN(S(=O)(=O)c1ccc3ncsc3c1)C2. The quantitative estimate of drug-likeness (QED) is 0.596. The van der Waals surface area contributed by atoms with Crippen LogP contribution in [-0.2, 0) is 14.8 Å².